The molecule has 1 aromatic carbocycles. The highest BCUT2D eigenvalue weighted by molar-refractivity contribution is 9.11. The first-order valence-electron chi connectivity index (χ1n) is 4.31. The lowest BCUT2D eigenvalue weighted by atomic mass is 10.1. The van der Waals surface area contributed by atoms with Gasteiger partial charge in [-0.05, 0) is 45.8 Å². The van der Waals surface area contributed by atoms with Gasteiger partial charge in [0.15, 0.2) is 0 Å². The Kier molecular flexibility index (Phi) is 3.59. The lowest BCUT2D eigenvalue weighted by Gasteiger charge is -2.07. The molecular weight excluding hydrogens is 343 g/mol. The molecule has 0 nitrogen and oxygen atoms in total. The van der Waals surface area contributed by atoms with Crippen molar-refractivity contribution in [2.24, 2.45) is 0 Å². The summed E-state index contributed by atoms with van der Waals surface area (Å²) < 4.78 is 14.1. The van der Waals surface area contributed by atoms with E-state index in [4.69, 9.17) is 0 Å². The van der Waals surface area contributed by atoms with E-state index in [9.17, 15) is 4.39 Å². The average Bonchev–Trinajstić information content (AvgIpc) is 2.64. The summed E-state index contributed by atoms with van der Waals surface area (Å²) in [6.07, 6.45) is 0. The van der Waals surface area contributed by atoms with Crippen molar-refractivity contribution in [1.29, 1.82) is 0 Å². The molecule has 0 spiro atoms. The molecule has 0 N–H and O–H groups in total. The molecule has 0 bridgehead atoms. The molecule has 0 aliphatic heterocycles. The van der Waals surface area contributed by atoms with Crippen molar-refractivity contribution in [3.63, 3.8) is 0 Å². The van der Waals surface area contributed by atoms with E-state index in [1.54, 1.807) is 23.5 Å². The smallest absolute Gasteiger partial charge is 0.123 e. The van der Waals surface area contributed by atoms with Gasteiger partial charge in [0.1, 0.15) is 5.82 Å². The second-order valence-corrected chi connectivity index (χ2v) is 6.47. The van der Waals surface area contributed by atoms with Crippen LogP contribution in [0, 0.1) is 5.82 Å². The van der Waals surface area contributed by atoms with Gasteiger partial charge in [0, 0.05) is 4.88 Å². The maximum Gasteiger partial charge on any atom is 0.123 e. The standard InChI is InChI=1S/C11H7Br2FS/c12-10-5-4-9(15-10)11(13)7-2-1-3-8(14)6-7/h1-6,11H. The minimum atomic E-state index is -0.201. The molecule has 1 atom stereocenters. The van der Waals surface area contributed by atoms with E-state index in [1.165, 1.54) is 6.07 Å². The fourth-order valence-corrected chi connectivity index (χ4v) is 3.44. The van der Waals surface area contributed by atoms with Crippen molar-refractivity contribution in [3.8, 4) is 0 Å². The van der Waals surface area contributed by atoms with E-state index in [0.717, 1.165) is 14.2 Å². The Labute approximate surface area is 108 Å². The molecule has 1 aromatic heterocycles. The summed E-state index contributed by atoms with van der Waals surface area (Å²) >= 11 is 8.62. The summed E-state index contributed by atoms with van der Waals surface area (Å²) in [4.78, 5) is 1.22. The normalized spacial score (nSPS) is 12.7. The van der Waals surface area contributed by atoms with Crippen LogP contribution in [0.2, 0.25) is 0 Å². The van der Waals surface area contributed by atoms with Crippen LogP contribution in [0.3, 0.4) is 0 Å². The molecule has 2 rings (SSSR count). The number of thiophene rings is 1. The molecule has 0 radical (unpaired) electrons. The van der Waals surface area contributed by atoms with Crippen molar-refractivity contribution in [2.75, 3.05) is 0 Å². The summed E-state index contributed by atoms with van der Waals surface area (Å²) in [7, 11) is 0. The first kappa shape index (κ1) is 11.3. The lowest BCUT2D eigenvalue weighted by Crippen LogP contribution is -1.89. The van der Waals surface area contributed by atoms with Crippen LogP contribution in [0.1, 0.15) is 15.3 Å². The highest BCUT2D eigenvalue weighted by Crippen LogP contribution is 2.36. The fourth-order valence-electron chi connectivity index (χ4n) is 1.29. The third-order valence-electron chi connectivity index (χ3n) is 1.99. The molecule has 2 aromatic rings. The fraction of sp³-hybridized carbons (Fsp3) is 0.0909. The zero-order valence-corrected chi connectivity index (χ0v) is 11.6. The Bertz CT molecular complexity index is 467. The largest absolute Gasteiger partial charge is 0.207 e. The zero-order chi connectivity index (χ0) is 10.8. The SMILES string of the molecule is Fc1cccc(C(Br)c2ccc(Br)s2)c1. The molecule has 0 saturated carbocycles. The van der Waals surface area contributed by atoms with Gasteiger partial charge in [0.05, 0.1) is 8.61 Å². The third kappa shape index (κ3) is 2.68. The average molecular weight is 350 g/mol. The van der Waals surface area contributed by atoms with Gasteiger partial charge in [0.25, 0.3) is 0 Å². The van der Waals surface area contributed by atoms with Gasteiger partial charge >= 0.3 is 0 Å². The van der Waals surface area contributed by atoms with Crippen molar-refractivity contribution < 1.29 is 4.39 Å². The molecule has 1 heterocycles. The summed E-state index contributed by atoms with van der Waals surface area (Å²) in [6, 6.07) is 10.7. The van der Waals surface area contributed by atoms with Gasteiger partial charge in [-0.3, -0.25) is 0 Å². The Balaban J connectivity index is 2.32. The van der Waals surface area contributed by atoms with Crippen molar-refractivity contribution in [3.05, 3.63) is 56.4 Å². The van der Waals surface area contributed by atoms with Gasteiger partial charge < -0.3 is 0 Å². The van der Waals surface area contributed by atoms with Crippen LogP contribution in [0.15, 0.2) is 40.2 Å². The van der Waals surface area contributed by atoms with Crippen LogP contribution >= 0.6 is 43.2 Å². The number of benzene rings is 1. The van der Waals surface area contributed by atoms with E-state index >= 15 is 0 Å². The molecule has 1 unspecified atom stereocenters. The van der Waals surface area contributed by atoms with Crippen LogP contribution in [-0.4, -0.2) is 0 Å². The number of rotatable bonds is 2. The van der Waals surface area contributed by atoms with Crippen LogP contribution in [0.4, 0.5) is 4.39 Å². The first-order valence-corrected chi connectivity index (χ1v) is 6.84. The Morgan fingerprint density at radius 3 is 2.60 bits per heavy atom. The highest BCUT2D eigenvalue weighted by Gasteiger charge is 2.12. The maximum absolute atomic E-state index is 13.0. The minimum absolute atomic E-state index is 0.0597. The molecule has 0 aliphatic rings. The topological polar surface area (TPSA) is 0 Å². The van der Waals surface area contributed by atoms with Crippen LogP contribution in [0.25, 0.3) is 0 Å². The van der Waals surface area contributed by atoms with Crippen molar-refractivity contribution in [1.82, 2.24) is 0 Å². The van der Waals surface area contributed by atoms with Crippen molar-refractivity contribution >= 4 is 43.2 Å². The quantitative estimate of drug-likeness (QED) is 0.659. The first-order chi connectivity index (χ1) is 7.16. The number of hydrogen-bond donors (Lipinski definition) is 0. The second kappa shape index (κ2) is 4.76. The van der Waals surface area contributed by atoms with Gasteiger partial charge in [-0.2, -0.15) is 0 Å². The van der Waals surface area contributed by atoms with Crippen LogP contribution in [-0.2, 0) is 0 Å². The number of alkyl halides is 1. The van der Waals surface area contributed by atoms with Crippen molar-refractivity contribution in [2.45, 2.75) is 4.83 Å². The van der Waals surface area contributed by atoms with Crippen LogP contribution < -0.4 is 0 Å². The molecule has 0 aliphatic carbocycles. The summed E-state index contributed by atoms with van der Waals surface area (Å²) in [5, 5.41) is 0. The molecule has 0 saturated heterocycles. The number of hydrogen-bond acceptors (Lipinski definition) is 1. The van der Waals surface area contributed by atoms with E-state index in [2.05, 4.69) is 31.9 Å². The lowest BCUT2D eigenvalue weighted by molar-refractivity contribution is 0.626. The predicted molar refractivity (Wildman–Crippen MR) is 69.2 cm³/mol. The molecule has 0 amide bonds. The molecular formula is C11H7Br2FS. The molecule has 78 valence electrons. The van der Waals surface area contributed by atoms with Gasteiger partial charge in [-0.15, -0.1) is 11.3 Å². The van der Waals surface area contributed by atoms with E-state index < -0.39 is 0 Å². The number of halogens is 3. The van der Waals surface area contributed by atoms with Crippen LogP contribution in [0.5, 0.6) is 0 Å². The van der Waals surface area contributed by atoms with E-state index in [-0.39, 0.29) is 10.6 Å². The predicted octanol–water partition coefficient (Wildman–Crippen LogP) is 5.13. The summed E-state index contributed by atoms with van der Waals surface area (Å²) in [5.74, 6) is -0.201. The Morgan fingerprint density at radius 2 is 2.00 bits per heavy atom. The summed E-state index contributed by atoms with van der Waals surface area (Å²) in [6.45, 7) is 0. The van der Waals surface area contributed by atoms with Gasteiger partial charge in [0.2, 0.25) is 0 Å². The zero-order valence-electron chi connectivity index (χ0n) is 7.58. The molecule has 15 heavy (non-hydrogen) atoms. The summed E-state index contributed by atoms with van der Waals surface area (Å²) in [5.41, 5.74) is 0.935. The highest BCUT2D eigenvalue weighted by atomic mass is 79.9. The third-order valence-corrected chi connectivity index (χ3v) is 5.00. The van der Waals surface area contributed by atoms with Gasteiger partial charge in [-0.25, -0.2) is 4.39 Å². The Hall–Kier alpha value is -0.190. The molecule has 4 heteroatoms. The second-order valence-electron chi connectivity index (χ2n) is 3.06. The van der Waals surface area contributed by atoms with E-state index in [1.807, 2.05) is 18.2 Å². The van der Waals surface area contributed by atoms with E-state index in [0.29, 0.717) is 0 Å². The monoisotopic (exact) mass is 348 g/mol. The molecule has 0 fully saturated rings. The minimum Gasteiger partial charge on any atom is -0.207 e. The Morgan fingerprint density at radius 1 is 1.20 bits per heavy atom. The maximum atomic E-state index is 13.0. The van der Waals surface area contributed by atoms with Gasteiger partial charge in [-0.1, -0.05) is 28.1 Å².